The first-order valence-corrected chi connectivity index (χ1v) is 9.31. The van der Waals surface area contributed by atoms with E-state index in [4.69, 9.17) is 16.3 Å². The van der Waals surface area contributed by atoms with Crippen LogP contribution in [0.2, 0.25) is 5.02 Å². The minimum absolute atomic E-state index is 0.0103. The lowest BCUT2D eigenvalue weighted by Gasteiger charge is -2.41. The summed E-state index contributed by atoms with van der Waals surface area (Å²) in [5, 5.41) is 0.666. The first-order valence-electron chi connectivity index (χ1n) is 8.93. The van der Waals surface area contributed by atoms with Gasteiger partial charge < -0.3 is 9.64 Å². The highest BCUT2D eigenvalue weighted by Gasteiger charge is 2.39. The van der Waals surface area contributed by atoms with Crippen LogP contribution in [-0.4, -0.2) is 24.0 Å². The highest BCUT2D eigenvalue weighted by atomic mass is 35.5. The normalized spacial score (nSPS) is 20.6. The SMILES string of the molecule is COc1ccc(C2Cc3ccccc3C(=O)N2C2CCCC2)c(Cl)c1. The Morgan fingerprint density at radius 2 is 1.88 bits per heavy atom. The van der Waals surface area contributed by atoms with E-state index in [9.17, 15) is 4.79 Å². The maximum atomic E-state index is 13.3. The third kappa shape index (κ3) is 2.91. The molecule has 0 saturated heterocycles. The first-order chi connectivity index (χ1) is 12.2. The number of ether oxygens (including phenoxy) is 1. The molecule has 0 radical (unpaired) electrons. The van der Waals surface area contributed by atoms with Crippen molar-refractivity contribution >= 4 is 17.5 Å². The van der Waals surface area contributed by atoms with Crippen molar-refractivity contribution in [2.45, 2.75) is 44.2 Å². The molecular weight excluding hydrogens is 334 g/mol. The number of carbonyl (C=O) groups excluding carboxylic acids is 1. The van der Waals surface area contributed by atoms with Gasteiger partial charge in [0.1, 0.15) is 5.75 Å². The number of fused-ring (bicyclic) bond motifs is 1. The molecule has 1 fully saturated rings. The van der Waals surface area contributed by atoms with E-state index in [-0.39, 0.29) is 11.9 Å². The van der Waals surface area contributed by atoms with Crippen molar-refractivity contribution in [3.05, 3.63) is 64.2 Å². The van der Waals surface area contributed by atoms with Crippen LogP contribution in [0.15, 0.2) is 42.5 Å². The van der Waals surface area contributed by atoms with E-state index in [1.54, 1.807) is 7.11 Å². The van der Waals surface area contributed by atoms with Crippen molar-refractivity contribution in [2.24, 2.45) is 0 Å². The van der Waals surface area contributed by atoms with Gasteiger partial charge in [-0.25, -0.2) is 0 Å². The van der Waals surface area contributed by atoms with E-state index >= 15 is 0 Å². The van der Waals surface area contributed by atoms with Crippen molar-refractivity contribution in [3.8, 4) is 5.75 Å². The molecule has 1 aliphatic carbocycles. The largest absolute Gasteiger partial charge is 0.497 e. The third-order valence-corrected chi connectivity index (χ3v) is 5.84. The molecule has 0 aromatic heterocycles. The molecule has 2 aromatic rings. The number of hydrogen-bond donors (Lipinski definition) is 0. The van der Waals surface area contributed by atoms with Crippen LogP contribution in [0, 0.1) is 0 Å². The van der Waals surface area contributed by atoms with Crippen molar-refractivity contribution in [1.29, 1.82) is 0 Å². The van der Waals surface area contributed by atoms with E-state index in [1.165, 1.54) is 12.8 Å². The Balaban J connectivity index is 1.79. The van der Waals surface area contributed by atoms with Gasteiger partial charge in [-0.2, -0.15) is 0 Å². The summed E-state index contributed by atoms with van der Waals surface area (Å²) < 4.78 is 5.28. The average molecular weight is 356 g/mol. The van der Waals surface area contributed by atoms with Crippen LogP contribution < -0.4 is 4.74 Å². The van der Waals surface area contributed by atoms with Gasteiger partial charge in [0.05, 0.1) is 13.2 Å². The minimum atomic E-state index is -0.0103. The number of nitrogens with zero attached hydrogens (tertiary/aromatic N) is 1. The molecule has 1 atom stereocenters. The summed E-state index contributed by atoms with van der Waals surface area (Å²) in [6, 6.07) is 14.0. The van der Waals surface area contributed by atoms with Crippen molar-refractivity contribution in [3.63, 3.8) is 0 Å². The van der Waals surface area contributed by atoms with Gasteiger partial charge in [-0.3, -0.25) is 4.79 Å². The zero-order valence-corrected chi connectivity index (χ0v) is 15.1. The summed E-state index contributed by atoms with van der Waals surface area (Å²) in [5.41, 5.74) is 2.96. The lowest BCUT2D eigenvalue weighted by atomic mass is 9.87. The van der Waals surface area contributed by atoms with Gasteiger partial charge in [0.2, 0.25) is 0 Å². The summed E-state index contributed by atoms with van der Waals surface area (Å²) in [7, 11) is 1.64. The molecule has 130 valence electrons. The summed E-state index contributed by atoms with van der Waals surface area (Å²) in [4.78, 5) is 15.4. The Labute approximate surface area is 153 Å². The summed E-state index contributed by atoms with van der Waals surface area (Å²) in [6.07, 6.45) is 5.36. The van der Waals surface area contributed by atoms with Gasteiger partial charge in [-0.1, -0.05) is 48.7 Å². The zero-order chi connectivity index (χ0) is 17.4. The Morgan fingerprint density at radius 3 is 2.60 bits per heavy atom. The summed E-state index contributed by atoms with van der Waals surface area (Å²) in [6.45, 7) is 0. The van der Waals surface area contributed by atoms with E-state index in [2.05, 4.69) is 11.0 Å². The number of hydrogen-bond acceptors (Lipinski definition) is 2. The molecule has 1 unspecified atom stereocenters. The average Bonchev–Trinajstić information content (AvgIpc) is 3.15. The molecule has 1 saturated carbocycles. The fourth-order valence-electron chi connectivity index (χ4n) is 4.26. The van der Waals surface area contributed by atoms with E-state index in [1.807, 2.05) is 36.4 Å². The molecule has 4 heteroatoms. The molecule has 25 heavy (non-hydrogen) atoms. The number of benzene rings is 2. The fraction of sp³-hybridized carbons (Fsp3) is 0.381. The van der Waals surface area contributed by atoms with Crippen LogP contribution in [0.1, 0.15) is 53.2 Å². The molecule has 2 aromatic carbocycles. The zero-order valence-electron chi connectivity index (χ0n) is 14.4. The van der Waals surface area contributed by atoms with E-state index in [0.717, 1.165) is 41.7 Å². The second-order valence-electron chi connectivity index (χ2n) is 6.92. The van der Waals surface area contributed by atoms with Crippen LogP contribution in [0.3, 0.4) is 0 Å². The molecule has 1 amide bonds. The molecule has 1 heterocycles. The Hall–Kier alpha value is -2.00. The van der Waals surface area contributed by atoms with Crippen LogP contribution in [0.4, 0.5) is 0 Å². The standard InChI is InChI=1S/C21H22ClNO2/c1-25-16-10-11-18(19(22)13-16)20-12-14-6-2-5-9-17(14)21(24)23(20)15-7-3-4-8-15/h2,5-6,9-11,13,15,20H,3-4,7-8,12H2,1H3. The van der Waals surface area contributed by atoms with Crippen LogP contribution in [-0.2, 0) is 6.42 Å². The van der Waals surface area contributed by atoms with Crippen LogP contribution in [0.5, 0.6) is 5.75 Å². The number of methoxy groups -OCH3 is 1. The van der Waals surface area contributed by atoms with Gasteiger partial charge >= 0.3 is 0 Å². The third-order valence-electron chi connectivity index (χ3n) is 5.52. The van der Waals surface area contributed by atoms with E-state index in [0.29, 0.717) is 11.1 Å². The number of halogens is 1. The summed E-state index contributed by atoms with van der Waals surface area (Å²) in [5.74, 6) is 0.884. The molecule has 0 bridgehead atoms. The topological polar surface area (TPSA) is 29.5 Å². The predicted octanol–water partition coefficient (Wildman–Crippen LogP) is 5.03. The molecule has 1 aliphatic heterocycles. The van der Waals surface area contributed by atoms with Crippen LogP contribution in [0.25, 0.3) is 0 Å². The highest BCUT2D eigenvalue weighted by molar-refractivity contribution is 6.31. The van der Waals surface area contributed by atoms with Crippen molar-refractivity contribution in [2.75, 3.05) is 7.11 Å². The van der Waals surface area contributed by atoms with Crippen LogP contribution >= 0.6 is 11.6 Å². The van der Waals surface area contributed by atoms with E-state index < -0.39 is 0 Å². The monoisotopic (exact) mass is 355 g/mol. The van der Waals surface area contributed by atoms with Gasteiger partial charge in [0.15, 0.2) is 0 Å². The molecule has 0 N–H and O–H groups in total. The Morgan fingerprint density at radius 1 is 1.12 bits per heavy atom. The lowest BCUT2D eigenvalue weighted by Crippen LogP contribution is -2.45. The number of amides is 1. The second-order valence-corrected chi connectivity index (χ2v) is 7.32. The molecule has 3 nitrogen and oxygen atoms in total. The van der Waals surface area contributed by atoms with Gasteiger partial charge in [-0.05, 0) is 48.6 Å². The fourth-order valence-corrected chi connectivity index (χ4v) is 4.56. The van der Waals surface area contributed by atoms with Gasteiger partial charge in [0.25, 0.3) is 5.91 Å². The predicted molar refractivity (Wildman–Crippen MR) is 99.3 cm³/mol. The second kappa shape index (κ2) is 6.72. The highest BCUT2D eigenvalue weighted by Crippen LogP contribution is 2.41. The van der Waals surface area contributed by atoms with Gasteiger partial charge in [-0.15, -0.1) is 0 Å². The minimum Gasteiger partial charge on any atom is -0.497 e. The molecular formula is C21H22ClNO2. The smallest absolute Gasteiger partial charge is 0.254 e. The molecule has 2 aliphatic rings. The van der Waals surface area contributed by atoms with Crippen molar-refractivity contribution < 1.29 is 9.53 Å². The van der Waals surface area contributed by atoms with Crippen molar-refractivity contribution in [1.82, 2.24) is 4.90 Å². The Kier molecular flexibility index (Phi) is 4.43. The lowest BCUT2D eigenvalue weighted by molar-refractivity contribution is 0.0539. The quantitative estimate of drug-likeness (QED) is 0.772. The Bertz CT molecular complexity index is 798. The number of carbonyl (C=O) groups is 1. The number of rotatable bonds is 3. The van der Waals surface area contributed by atoms with Gasteiger partial charge in [0, 0.05) is 16.6 Å². The molecule has 0 spiro atoms. The first kappa shape index (κ1) is 16.5. The molecule has 4 rings (SSSR count). The maximum Gasteiger partial charge on any atom is 0.254 e. The maximum absolute atomic E-state index is 13.3. The summed E-state index contributed by atoms with van der Waals surface area (Å²) >= 11 is 6.57.